The highest BCUT2D eigenvalue weighted by Crippen LogP contribution is 2.38. The highest BCUT2D eigenvalue weighted by atomic mass is 16.5. The van der Waals surface area contributed by atoms with Gasteiger partial charge >= 0.3 is 5.97 Å². The molecular formula is C16H22N4O3. The van der Waals surface area contributed by atoms with Gasteiger partial charge in [0.2, 0.25) is 0 Å². The second-order valence-corrected chi connectivity index (χ2v) is 6.53. The molecule has 1 aliphatic carbocycles. The van der Waals surface area contributed by atoms with Gasteiger partial charge in [-0.05, 0) is 18.8 Å². The third-order valence-corrected chi connectivity index (χ3v) is 5.12. The van der Waals surface area contributed by atoms with Crippen molar-refractivity contribution in [2.24, 2.45) is 5.92 Å². The fourth-order valence-electron chi connectivity index (χ4n) is 3.78. The molecule has 1 saturated carbocycles. The summed E-state index contributed by atoms with van der Waals surface area (Å²) in [6, 6.07) is 0.935. The lowest BCUT2D eigenvalue weighted by atomic mass is 10.0. The Hall–Kier alpha value is -1.73. The van der Waals surface area contributed by atoms with Gasteiger partial charge in [0.25, 0.3) is 0 Å². The average Bonchev–Trinajstić information content (AvgIpc) is 3.45. The maximum Gasteiger partial charge on any atom is 0.343 e. The van der Waals surface area contributed by atoms with Gasteiger partial charge in [-0.15, -0.1) is 0 Å². The largest absolute Gasteiger partial charge is 0.465 e. The van der Waals surface area contributed by atoms with E-state index >= 15 is 0 Å². The van der Waals surface area contributed by atoms with Crippen LogP contribution in [-0.4, -0.2) is 72.9 Å². The first-order chi connectivity index (χ1) is 11.3. The van der Waals surface area contributed by atoms with Gasteiger partial charge in [0.1, 0.15) is 17.7 Å². The van der Waals surface area contributed by atoms with E-state index < -0.39 is 5.97 Å². The van der Waals surface area contributed by atoms with Crippen molar-refractivity contribution in [2.75, 3.05) is 44.9 Å². The second kappa shape index (κ2) is 6.05. The molecule has 0 bridgehead atoms. The molecule has 0 radical (unpaired) electrons. The predicted molar refractivity (Wildman–Crippen MR) is 83.4 cm³/mol. The van der Waals surface area contributed by atoms with E-state index in [2.05, 4.69) is 19.8 Å². The number of ether oxygens (including phenoxy) is 2. The molecule has 0 spiro atoms. The third-order valence-electron chi connectivity index (χ3n) is 5.12. The van der Waals surface area contributed by atoms with Gasteiger partial charge in [-0.1, -0.05) is 0 Å². The molecule has 2 saturated heterocycles. The topological polar surface area (TPSA) is 67.8 Å². The number of hydrogen-bond donors (Lipinski definition) is 0. The van der Waals surface area contributed by atoms with Gasteiger partial charge in [-0.3, -0.25) is 4.90 Å². The lowest BCUT2D eigenvalue weighted by molar-refractivity contribution is -0.0604. The molecule has 0 aromatic carbocycles. The van der Waals surface area contributed by atoms with Gasteiger partial charge in [-0.2, -0.15) is 0 Å². The second-order valence-electron chi connectivity index (χ2n) is 6.53. The lowest BCUT2D eigenvalue weighted by Gasteiger charge is -2.48. The van der Waals surface area contributed by atoms with Crippen LogP contribution in [0.1, 0.15) is 23.2 Å². The van der Waals surface area contributed by atoms with Crippen molar-refractivity contribution in [3.63, 3.8) is 0 Å². The van der Waals surface area contributed by atoms with Crippen LogP contribution in [0, 0.1) is 5.92 Å². The molecular weight excluding hydrogens is 296 g/mol. The van der Waals surface area contributed by atoms with Crippen LogP contribution in [0.25, 0.3) is 0 Å². The monoisotopic (exact) mass is 318 g/mol. The van der Waals surface area contributed by atoms with Crippen molar-refractivity contribution in [1.29, 1.82) is 0 Å². The third kappa shape index (κ3) is 2.79. The maximum absolute atomic E-state index is 11.9. The molecule has 7 heteroatoms. The molecule has 0 unspecified atom stereocenters. The number of hydrogen-bond acceptors (Lipinski definition) is 7. The fourth-order valence-corrected chi connectivity index (χ4v) is 3.78. The van der Waals surface area contributed by atoms with E-state index in [1.165, 1.54) is 32.5 Å². The van der Waals surface area contributed by atoms with Crippen molar-refractivity contribution < 1.29 is 14.3 Å². The molecule has 7 nitrogen and oxygen atoms in total. The zero-order valence-electron chi connectivity index (χ0n) is 13.4. The Kier molecular flexibility index (Phi) is 3.90. The Morgan fingerprint density at radius 3 is 3.00 bits per heavy atom. The highest BCUT2D eigenvalue weighted by Gasteiger charge is 2.43. The first kappa shape index (κ1) is 14.8. The minimum atomic E-state index is -0.390. The quantitative estimate of drug-likeness (QED) is 0.754. The number of nitrogens with zero attached hydrogens (tertiary/aromatic N) is 4. The number of aromatic nitrogens is 2. The van der Waals surface area contributed by atoms with E-state index in [1.807, 2.05) is 0 Å². The van der Waals surface area contributed by atoms with Crippen molar-refractivity contribution in [1.82, 2.24) is 14.9 Å². The van der Waals surface area contributed by atoms with E-state index in [0.717, 1.165) is 38.8 Å². The number of methoxy groups -OCH3 is 1. The summed E-state index contributed by atoms with van der Waals surface area (Å²) in [6.45, 7) is 4.28. The zero-order valence-corrected chi connectivity index (χ0v) is 13.4. The molecule has 23 heavy (non-hydrogen) atoms. The van der Waals surface area contributed by atoms with Gasteiger partial charge in [0.05, 0.1) is 26.4 Å². The Morgan fingerprint density at radius 2 is 2.22 bits per heavy atom. The number of morpholine rings is 1. The predicted octanol–water partition coefficient (Wildman–Crippen LogP) is 0.563. The van der Waals surface area contributed by atoms with Gasteiger partial charge in [-0.25, -0.2) is 14.8 Å². The number of carbonyl (C=O) groups excluding carboxylic acids is 1. The summed E-state index contributed by atoms with van der Waals surface area (Å²) in [6.07, 6.45) is 5.68. The maximum atomic E-state index is 11.9. The Bertz CT molecular complexity index is 592. The van der Waals surface area contributed by atoms with Crippen LogP contribution >= 0.6 is 0 Å². The Morgan fingerprint density at radius 1 is 1.35 bits per heavy atom. The van der Waals surface area contributed by atoms with E-state index in [1.54, 1.807) is 0 Å². The summed E-state index contributed by atoms with van der Waals surface area (Å²) in [7, 11) is 1.38. The number of anilines is 1. The van der Waals surface area contributed by atoms with Crippen LogP contribution in [0.3, 0.4) is 0 Å². The Balaban J connectivity index is 1.53. The molecule has 3 fully saturated rings. The summed E-state index contributed by atoms with van der Waals surface area (Å²) in [5, 5.41) is 0. The first-order valence-electron chi connectivity index (χ1n) is 8.24. The van der Waals surface area contributed by atoms with Crippen LogP contribution in [0.15, 0.2) is 12.5 Å². The molecule has 2 aliphatic heterocycles. The number of esters is 1. The first-order valence-corrected chi connectivity index (χ1v) is 8.24. The summed E-state index contributed by atoms with van der Waals surface area (Å²) >= 11 is 0. The molecule has 1 aromatic rings. The number of rotatable bonds is 3. The number of fused-ring (bicyclic) bond motifs is 1. The van der Waals surface area contributed by atoms with Gasteiger partial charge < -0.3 is 14.4 Å². The normalized spacial score (nSPS) is 28.3. The minimum Gasteiger partial charge on any atom is -0.465 e. The summed E-state index contributed by atoms with van der Waals surface area (Å²) in [5.41, 5.74) is 0.430. The minimum absolute atomic E-state index is 0.364. The molecule has 4 rings (SSSR count). The summed E-state index contributed by atoms with van der Waals surface area (Å²) in [4.78, 5) is 25.0. The molecule has 2 atom stereocenters. The van der Waals surface area contributed by atoms with Crippen LogP contribution in [0.5, 0.6) is 0 Å². The molecule has 0 N–H and O–H groups in total. The van der Waals surface area contributed by atoms with Crippen LogP contribution < -0.4 is 4.90 Å². The standard InChI is InChI=1S/C16H22N4O3/c1-22-16(21)13-6-17-10-18-15(13)19-4-5-20-12(7-19)8-23-9-14(20)11-2-3-11/h6,10-12,14H,2-5,7-9H2,1H3/t12-,14-/m1/s1. The average molecular weight is 318 g/mol. The van der Waals surface area contributed by atoms with E-state index in [0.29, 0.717) is 23.5 Å². The van der Waals surface area contributed by atoms with Gasteiger partial charge in [0.15, 0.2) is 0 Å². The van der Waals surface area contributed by atoms with E-state index in [-0.39, 0.29) is 0 Å². The molecule has 124 valence electrons. The van der Waals surface area contributed by atoms with Crippen molar-refractivity contribution in [3.8, 4) is 0 Å². The van der Waals surface area contributed by atoms with Crippen LogP contribution in [0.4, 0.5) is 5.82 Å². The van der Waals surface area contributed by atoms with E-state index in [9.17, 15) is 4.79 Å². The molecule has 3 heterocycles. The molecule has 0 amide bonds. The summed E-state index contributed by atoms with van der Waals surface area (Å²) in [5.74, 6) is 1.09. The zero-order chi connectivity index (χ0) is 15.8. The number of piperazine rings is 1. The highest BCUT2D eigenvalue weighted by molar-refractivity contribution is 5.94. The Labute approximate surface area is 135 Å². The molecule has 3 aliphatic rings. The van der Waals surface area contributed by atoms with Crippen LogP contribution in [-0.2, 0) is 9.47 Å². The van der Waals surface area contributed by atoms with Crippen LogP contribution in [0.2, 0.25) is 0 Å². The van der Waals surface area contributed by atoms with Crippen molar-refractivity contribution in [3.05, 3.63) is 18.1 Å². The van der Waals surface area contributed by atoms with Crippen molar-refractivity contribution in [2.45, 2.75) is 24.9 Å². The number of carbonyl (C=O) groups is 1. The van der Waals surface area contributed by atoms with Crippen molar-refractivity contribution >= 4 is 11.8 Å². The smallest absolute Gasteiger partial charge is 0.343 e. The lowest BCUT2D eigenvalue weighted by Crippen LogP contribution is -2.62. The van der Waals surface area contributed by atoms with E-state index in [4.69, 9.17) is 9.47 Å². The van der Waals surface area contributed by atoms with Gasteiger partial charge in [0, 0.05) is 31.9 Å². The fraction of sp³-hybridized carbons (Fsp3) is 0.688. The SMILES string of the molecule is COC(=O)c1cncnc1N1CCN2[C@@H](COC[C@@H]2C2CC2)C1. The molecule has 1 aromatic heterocycles. The summed E-state index contributed by atoms with van der Waals surface area (Å²) < 4.78 is 10.7.